The van der Waals surface area contributed by atoms with E-state index in [0.717, 1.165) is 25.9 Å². The molecule has 0 aromatic carbocycles. The van der Waals surface area contributed by atoms with Gasteiger partial charge in [-0.3, -0.25) is 0 Å². The van der Waals surface area contributed by atoms with Gasteiger partial charge in [0.25, 0.3) is 0 Å². The Morgan fingerprint density at radius 3 is 1.00 bits per heavy atom. The minimum atomic E-state index is -4.78. The zero-order valence-corrected chi connectivity index (χ0v) is 10.9. The van der Waals surface area contributed by atoms with Crippen molar-refractivity contribution in [3.05, 3.63) is 0 Å². The minimum Gasteiger partial charge on any atom is -0.330 e. The third-order valence-electron chi connectivity index (χ3n) is 1.70. The summed E-state index contributed by atoms with van der Waals surface area (Å²) in [7, 11) is 0. The molecule has 97 valence electrons. The summed E-state index contributed by atoms with van der Waals surface area (Å²) < 4.78 is 0. The van der Waals surface area contributed by atoms with Crippen LogP contribution in [0.1, 0.15) is 19.3 Å². The molecule has 0 aliphatic carbocycles. The van der Waals surface area contributed by atoms with Gasteiger partial charge in [0.05, 0.1) is 0 Å². The van der Waals surface area contributed by atoms with E-state index >= 15 is 0 Å². The molecule has 4 N–H and O–H groups in total. The molecular formula is C10H14FeN7. The van der Waals surface area contributed by atoms with Gasteiger partial charge in [0.2, 0.25) is 0 Å². The predicted molar refractivity (Wildman–Crippen MR) is 60.0 cm³/mol. The molecule has 0 radical (unpaired) electrons. The molecule has 8 heteroatoms. The van der Waals surface area contributed by atoms with Gasteiger partial charge in [0.15, 0.2) is 0 Å². The zero-order valence-electron chi connectivity index (χ0n) is 9.78. The topological polar surface area (TPSA) is 171 Å². The van der Waals surface area contributed by atoms with E-state index in [-0.39, 0.29) is 0 Å². The summed E-state index contributed by atoms with van der Waals surface area (Å²) in [5.41, 5.74) is 10.5. The average Bonchev–Trinajstić information content (AvgIpc) is 2.45. The van der Waals surface area contributed by atoms with Crippen LogP contribution in [0.2, 0.25) is 0 Å². The van der Waals surface area contributed by atoms with Crippen molar-refractivity contribution in [1.82, 2.24) is 0 Å². The van der Waals surface area contributed by atoms with Crippen LogP contribution >= 0.6 is 0 Å². The number of nitrogens with zero attached hydrogens (tertiary/aromatic N) is 5. The molecular weight excluding hydrogens is 274 g/mol. The van der Waals surface area contributed by atoms with Crippen LogP contribution < -0.4 is 11.5 Å². The first-order valence-corrected chi connectivity index (χ1v) is 7.58. The number of rotatable bonds is 4. The van der Waals surface area contributed by atoms with Crippen molar-refractivity contribution < 1.29 is 11.8 Å². The van der Waals surface area contributed by atoms with Gasteiger partial charge in [-0.25, -0.2) is 0 Å². The molecule has 18 heavy (non-hydrogen) atoms. The van der Waals surface area contributed by atoms with E-state index in [4.69, 9.17) is 37.8 Å². The molecule has 0 rings (SSSR count). The Morgan fingerprint density at radius 2 is 0.889 bits per heavy atom. The largest absolute Gasteiger partial charge is 0.330 e. The Bertz CT molecular complexity index is 362. The molecule has 0 saturated carbocycles. The fourth-order valence-electron chi connectivity index (χ4n) is 0.642. The number of hydrogen-bond acceptors (Lipinski definition) is 7. The van der Waals surface area contributed by atoms with Crippen LogP contribution in [-0.4, -0.2) is 13.1 Å². The summed E-state index contributed by atoms with van der Waals surface area (Å²) in [4.78, 5) is 6.12. The molecule has 0 atom stereocenters. The second-order valence-corrected chi connectivity index (χ2v) is 6.91. The second kappa shape index (κ2) is 8.98. The molecule has 0 bridgehead atoms. The van der Waals surface area contributed by atoms with Crippen LogP contribution in [0.15, 0.2) is 0 Å². The van der Waals surface area contributed by atoms with Crippen molar-refractivity contribution in [2.45, 2.75) is 19.3 Å². The fourth-order valence-corrected chi connectivity index (χ4v) is 1.19. The molecule has 7 nitrogen and oxygen atoms in total. The summed E-state index contributed by atoms with van der Waals surface area (Å²) in [5, 5.41) is 41.8. The predicted octanol–water partition coefficient (Wildman–Crippen LogP) is 0.156. The minimum absolute atomic E-state index is 0.806. The van der Waals surface area contributed by atoms with Gasteiger partial charge in [-0.15, -0.1) is 0 Å². The monoisotopic (exact) mass is 288 g/mol. The molecule has 0 heterocycles. The quantitative estimate of drug-likeness (QED) is 0.547. The first kappa shape index (κ1) is 18.3. The van der Waals surface area contributed by atoms with Crippen LogP contribution in [0.25, 0.3) is 0 Å². The number of hydrogen-bond donors (Lipinski definition) is 2. The van der Waals surface area contributed by atoms with Crippen molar-refractivity contribution in [2.24, 2.45) is 11.5 Å². The first-order valence-electron chi connectivity index (χ1n) is 4.82. The SMILES string of the molecule is N#[C][Fe]([C]#N)([C]#N)([C]#N)[C]#N.NCCCCCN. The summed E-state index contributed by atoms with van der Waals surface area (Å²) in [5.74, 6) is 0. The van der Waals surface area contributed by atoms with Gasteiger partial charge < -0.3 is 11.5 Å². The molecule has 0 aliphatic heterocycles. The van der Waals surface area contributed by atoms with Crippen LogP contribution in [0.5, 0.6) is 0 Å². The van der Waals surface area contributed by atoms with Crippen LogP contribution in [0.4, 0.5) is 0 Å². The van der Waals surface area contributed by atoms with E-state index in [1.807, 2.05) is 0 Å². The van der Waals surface area contributed by atoms with E-state index in [9.17, 15) is 0 Å². The Balaban J connectivity index is 0. The summed E-state index contributed by atoms with van der Waals surface area (Å²) in [6, 6.07) is 0. The van der Waals surface area contributed by atoms with Gasteiger partial charge >= 0.3 is 62.9 Å². The molecule has 0 saturated heterocycles. The summed E-state index contributed by atoms with van der Waals surface area (Å²) in [6.07, 6.45) is 3.43. The van der Waals surface area contributed by atoms with Gasteiger partial charge in [-0.2, -0.15) is 0 Å². The molecule has 0 aromatic heterocycles. The second-order valence-electron chi connectivity index (χ2n) is 2.92. The van der Waals surface area contributed by atoms with Gasteiger partial charge in [0, 0.05) is 0 Å². The first-order chi connectivity index (χ1) is 8.53. The van der Waals surface area contributed by atoms with Crippen molar-refractivity contribution >= 4 is 0 Å². The molecule has 0 fully saturated rings. The van der Waals surface area contributed by atoms with Crippen molar-refractivity contribution in [1.29, 1.82) is 26.3 Å². The molecule has 0 aromatic rings. The molecule has 0 unspecified atom stereocenters. The fraction of sp³-hybridized carbons (Fsp3) is 0.500. The maximum atomic E-state index is 8.35. The van der Waals surface area contributed by atoms with E-state index in [0.29, 0.717) is 0 Å². The maximum Gasteiger partial charge on any atom is -0.00773 e. The third kappa shape index (κ3) is 4.82. The van der Waals surface area contributed by atoms with Gasteiger partial charge in [-0.05, 0) is 25.9 Å². The molecule has 0 spiro atoms. The van der Waals surface area contributed by atoms with Gasteiger partial charge in [-0.1, -0.05) is 6.42 Å². The van der Waals surface area contributed by atoms with Crippen LogP contribution in [0.3, 0.4) is 0 Å². The van der Waals surface area contributed by atoms with E-state index in [1.165, 1.54) is 31.3 Å². The standard InChI is InChI=1S/C5H14N2.5CN.Fe/c6-4-2-1-3-5-7;5*1-2;/h1-7H2;;;;;;. The summed E-state index contributed by atoms with van der Waals surface area (Å²) >= 11 is -4.78. The summed E-state index contributed by atoms with van der Waals surface area (Å²) in [6.45, 7) is 1.61. The van der Waals surface area contributed by atoms with E-state index in [2.05, 4.69) is 0 Å². The maximum absolute atomic E-state index is 8.35. The van der Waals surface area contributed by atoms with Crippen LogP contribution in [-0.2, 0) is 11.8 Å². The van der Waals surface area contributed by atoms with Crippen molar-refractivity contribution in [3.63, 3.8) is 0 Å². The van der Waals surface area contributed by atoms with Crippen LogP contribution in [0, 0.1) is 51.1 Å². The van der Waals surface area contributed by atoms with E-state index in [1.54, 1.807) is 0 Å². The zero-order chi connectivity index (χ0) is 14.5. The third-order valence-corrected chi connectivity index (χ3v) is 4.17. The number of nitrogens with two attached hydrogens (primary N) is 2. The number of nitriles is 5. The molecule has 0 amide bonds. The normalized spacial score (nSPS) is 10.6. The van der Waals surface area contributed by atoms with E-state index < -0.39 is 11.8 Å². The Hall–Kier alpha value is -2.11. The Kier molecular flexibility index (Phi) is 9.11. The Morgan fingerprint density at radius 1 is 0.611 bits per heavy atom. The van der Waals surface area contributed by atoms with Crippen molar-refractivity contribution in [2.75, 3.05) is 13.1 Å². The van der Waals surface area contributed by atoms with Gasteiger partial charge in [0.1, 0.15) is 0 Å². The average molecular weight is 288 g/mol. The van der Waals surface area contributed by atoms with Crippen molar-refractivity contribution in [3.8, 4) is 24.8 Å². The Labute approximate surface area is 107 Å². The number of unbranched alkanes of at least 4 members (excludes halogenated alkanes) is 2. The smallest absolute Gasteiger partial charge is 0.00773 e. The molecule has 0 aliphatic rings.